The molecule has 1 unspecified atom stereocenters. The van der Waals surface area contributed by atoms with E-state index < -0.39 is 5.41 Å². The number of amides is 1. The van der Waals surface area contributed by atoms with Gasteiger partial charge in [-0.3, -0.25) is 4.79 Å². The van der Waals surface area contributed by atoms with Crippen molar-refractivity contribution < 1.29 is 14.6 Å². The second kappa shape index (κ2) is 10.4. The minimum Gasteiger partial charge on any atom is -0.508 e. The van der Waals surface area contributed by atoms with Crippen molar-refractivity contribution in [3.05, 3.63) is 88.5 Å². The lowest BCUT2D eigenvalue weighted by Crippen LogP contribution is -2.43. The topological polar surface area (TPSA) is 49.8 Å². The molecule has 1 aliphatic rings. The van der Waals surface area contributed by atoms with Crippen LogP contribution in [0.3, 0.4) is 0 Å². The lowest BCUT2D eigenvalue weighted by molar-refractivity contribution is -0.120. The summed E-state index contributed by atoms with van der Waals surface area (Å²) < 4.78 is 6.22. The highest BCUT2D eigenvalue weighted by Crippen LogP contribution is 2.55. The van der Waals surface area contributed by atoms with Crippen LogP contribution in [0.25, 0.3) is 0 Å². The third kappa shape index (κ3) is 4.77. The first-order valence-electron chi connectivity index (χ1n) is 13.2. The number of nitrogens with zero attached hydrogens (tertiary/aromatic N) is 1. The number of para-hydroxylation sites is 1. The highest BCUT2D eigenvalue weighted by molar-refractivity contribution is 9.09. The number of rotatable bonds is 7. The first-order chi connectivity index (χ1) is 17.9. The summed E-state index contributed by atoms with van der Waals surface area (Å²) >= 11 is 3.55. The molecule has 0 aromatic heterocycles. The van der Waals surface area contributed by atoms with Crippen molar-refractivity contribution in [3.63, 3.8) is 0 Å². The lowest BCUT2D eigenvalue weighted by atomic mass is 9.67. The van der Waals surface area contributed by atoms with Gasteiger partial charge in [-0.25, -0.2) is 0 Å². The van der Waals surface area contributed by atoms with Gasteiger partial charge in [-0.1, -0.05) is 94.1 Å². The summed E-state index contributed by atoms with van der Waals surface area (Å²) in [5.74, 6) is 0.559. The van der Waals surface area contributed by atoms with E-state index in [-0.39, 0.29) is 22.5 Å². The van der Waals surface area contributed by atoms with E-state index >= 15 is 0 Å². The average molecular weight is 574 g/mol. The van der Waals surface area contributed by atoms with Crippen molar-refractivity contribution in [3.8, 4) is 11.5 Å². The van der Waals surface area contributed by atoms with Crippen molar-refractivity contribution in [1.82, 2.24) is 0 Å². The van der Waals surface area contributed by atoms with Gasteiger partial charge < -0.3 is 14.7 Å². The van der Waals surface area contributed by atoms with E-state index in [1.165, 1.54) is 0 Å². The molecular weight excluding hydrogens is 537 g/mol. The Balaban J connectivity index is 2.20. The number of phenolic OH excluding ortho intramolecular Hbond substituents is 1. The number of carbonyl (C=O) groups is 1. The molecule has 1 heterocycles. The molecule has 1 N–H and O–H groups in total. The Kier molecular flexibility index (Phi) is 7.78. The molecule has 0 spiro atoms. The number of anilines is 1. The molecule has 1 amide bonds. The first-order valence-corrected chi connectivity index (χ1v) is 14.3. The van der Waals surface area contributed by atoms with Gasteiger partial charge in [0.2, 0.25) is 5.91 Å². The lowest BCUT2D eigenvalue weighted by Gasteiger charge is -2.34. The minimum absolute atomic E-state index is 0.0766. The molecular formula is C32H37BBrNO3. The smallest absolute Gasteiger partial charge is 0.247 e. The average Bonchev–Trinajstić information content (AvgIpc) is 3.10. The van der Waals surface area contributed by atoms with Crippen molar-refractivity contribution >= 4 is 35.4 Å². The van der Waals surface area contributed by atoms with Crippen LogP contribution >= 0.6 is 15.9 Å². The Morgan fingerprint density at radius 3 is 2.11 bits per heavy atom. The maximum atomic E-state index is 14.9. The quantitative estimate of drug-likeness (QED) is 0.244. The summed E-state index contributed by atoms with van der Waals surface area (Å²) in [5, 5.41) is 12.1. The highest BCUT2D eigenvalue weighted by atomic mass is 79.9. The van der Waals surface area contributed by atoms with Crippen molar-refractivity contribution in [2.24, 2.45) is 0 Å². The molecule has 0 saturated carbocycles. The number of carbonyl (C=O) groups excluding carboxylic acids is 1. The van der Waals surface area contributed by atoms with Gasteiger partial charge >= 0.3 is 0 Å². The fourth-order valence-corrected chi connectivity index (χ4v) is 5.67. The maximum absolute atomic E-state index is 14.9. The normalized spacial score (nSPS) is 17.6. The molecule has 0 saturated heterocycles. The van der Waals surface area contributed by atoms with E-state index in [1.807, 2.05) is 47.4 Å². The van der Waals surface area contributed by atoms with E-state index in [9.17, 15) is 9.90 Å². The van der Waals surface area contributed by atoms with Crippen molar-refractivity contribution in [2.75, 3.05) is 23.4 Å². The number of hydrogen-bond acceptors (Lipinski definition) is 3. The number of ether oxygens (including phenoxy) is 1. The van der Waals surface area contributed by atoms with Crippen LogP contribution in [0.15, 0.2) is 60.7 Å². The van der Waals surface area contributed by atoms with Crippen LogP contribution in [0.2, 0.25) is 6.32 Å². The largest absolute Gasteiger partial charge is 0.508 e. The first kappa shape index (κ1) is 28.3. The second-order valence-electron chi connectivity index (χ2n) is 12.0. The van der Waals surface area contributed by atoms with Gasteiger partial charge in [-0.05, 0) is 52.3 Å². The van der Waals surface area contributed by atoms with E-state index in [2.05, 4.69) is 69.6 Å². The summed E-state index contributed by atoms with van der Waals surface area (Å²) in [6.45, 7) is 13.7. The van der Waals surface area contributed by atoms with Gasteiger partial charge in [0.15, 0.2) is 0 Å². The number of aromatic hydroxyl groups is 1. The Morgan fingerprint density at radius 2 is 1.50 bits per heavy atom. The predicted octanol–water partition coefficient (Wildman–Crippen LogP) is 7.03. The molecule has 0 bridgehead atoms. The van der Waals surface area contributed by atoms with E-state index in [1.54, 1.807) is 6.07 Å². The van der Waals surface area contributed by atoms with Crippen LogP contribution in [0, 0.1) is 0 Å². The monoisotopic (exact) mass is 573 g/mol. The summed E-state index contributed by atoms with van der Waals surface area (Å²) in [6.07, 6.45) is 0.346. The molecule has 4 rings (SSSR count). The zero-order chi connectivity index (χ0) is 27.9. The van der Waals surface area contributed by atoms with Crippen LogP contribution in [0.1, 0.15) is 69.4 Å². The predicted molar refractivity (Wildman–Crippen MR) is 160 cm³/mol. The molecule has 2 radical (unpaired) electrons. The molecule has 1 atom stereocenters. The Bertz CT molecular complexity index is 1340. The van der Waals surface area contributed by atoms with Crippen molar-refractivity contribution in [2.45, 2.75) is 64.1 Å². The molecule has 38 heavy (non-hydrogen) atoms. The van der Waals surface area contributed by atoms with E-state index in [0.29, 0.717) is 41.7 Å². The number of phenols is 1. The number of hydrogen-bond donors (Lipinski definition) is 1. The van der Waals surface area contributed by atoms with Crippen LogP contribution in [0.4, 0.5) is 5.69 Å². The second-order valence-corrected chi connectivity index (χ2v) is 12.8. The Labute approximate surface area is 236 Å². The third-order valence-corrected chi connectivity index (χ3v) is 7.72. The third-order valence-electron chi connectivity index (χ3n) is 7.36. The number of halogens is 1. The summed E-state index contributed by atoms with van der Waals surface area (Å²) in [5.41, 5.74) is 3.38. The number of benzene rings is 3. The molecule has 1 aliphatic heterocycles. The van der Waals surface area contributed by atoms with Crippen LogP contribution in [-0.2, 0) is 21.0 Å². The SMILES string of the molecule is [B]CCOc1ccc(C(C)(C)C)cc1C1(c2cc(C(C)(C)C)ccc2O)C(=O)N(CCBr)c2ccccc21. The zero-order valence-electron chi connectivity index (χ0n) is 23.3. The Hall–Kier alpha value is -2.73. The molecule has 6 heteroatoms. The summed E-state index contributed by atoms with van der Waals surface area (Å²) in [6, 6.07) is 19.6. The van der Waals surface area contributed by atoms with Gasteiger partial charge in [0.1, 0.15) is 16.9 Å². The molecule has 3 aromatic rings. The van der Waals surface area contributed by atoms with Gasteiger partial charge in [-0.15, -0.1) is 0 Å². The van der Waals surface area contributed by atoms with Crippen molar-refractivity contribution in [1.29, 1.82) is 0 Å². The highest BCUT2D eigenvalue weighted by Gasteiger charge is 2.56. The zero-order valence-corrected chi connectivity index (χ0v) is 24.9. The molecule has 3 aromatic carbocycles. The van der Waals surface area contributed by atoms with Gasteiger partial charge in [0, 0.05) is 34.3 Å². The molecule has 198 valence electrons. The van der Waals surface area contributed by atoms with Crippen LogP contribution in [0.5, 0.6) is 11.5 Å². The van der Waals surface area contributed by atoms with Crippen LogP contribution in [-0.4, -0.2) is 37.3 Å². The fourth-order valence-electron chi connectivity index (χ4n) is 5.31. The van der Waals surface area contributed by atoms with Gasteiger partial charge in [0.05, 0.1) is 14.5 Å². The number of alkyl halides is 1. The maximum Gasteiger partial charge on any atom is 0.247 e. The standard InChI is InChI=1S/C32H37BBrNO3/c1-30(2,3)21-11-13-27(36)24(19-21)32(23-9-7-8-10-26(23)35(17-16-34)29(32)37)25-20-22(31(4,5)6)12-14-28(25)38-18-15-33/h7-14,19-20,36H,15-18H2,1-6H3. The van der Waals surface area contributed by atoms with E-state index in [4.69, 9.17) is 12.6 Å². The minimum atomic E-state index is -1.31. The molecule has 4 nitrogen and oxygen atoms in total. The van der Waals surface area contributed by atoms with E-state index in [0.717, 1.165) is 22.4 Å². The van der Waals surface area contributed by atoms with Gasteiger partial charge in [0.25, 0.3) is 0 Å². The van der Waals surface area contributed by atoms with Gasteiger partial charge in [-0.2, -0.15) is 0 Å². The van der Waals surface area contributed by atoms with Crippen LogP contribution < -0.4 is 9.64 Å². The number of fused-ring (bicyclic) bond motifs is 1. The molecule has 0 fully saturated rings. The summed E-state index contributed by atoms with van der Waals surface area (Å²) in [7, 11) is 5.84. The fraction of sp³-hybridized carbons (Fsp3) is 0.406. The summed E-state index contributed by atoms with van der Waals surface area (Å²) in [4.78, 5) is 16.7. The molecule has 0 aliphatic carbocycles. The Morgan fingerprint density at radius 1 is 0.895 bits per heavy atom.